The summed E-state index contributed by atoms with van der Waals surface area (Å²) < 4.78 is 11.9. The van der Waals surface area contributed by atoms with Crippen LogP contribution in [0.5, 0.6) is 11.5 Å². The monoisotopic (exact) mass is 513 g/mol. The van der Waals surface area contributed by atoms with Crippen LogP contribution < -0.4 is 14.4 Å². The molecule has 0 unspecified atom stereocenters. The van der Waals surface area contributed by atoms with Crippen molar-refractivity contribution in [3.8, 4) is 22.8 Å². The summed E-state index contributed by atoms with van der Waals surface area (Å²) in [5, 5.41) is 19.2. The number of ether oxygens (including phenoxy) is 2. The Morgan fingerprint density at radius 2 is 2.00 bits per heavy atom. The molecule has 1 aliphatic rings. The van der Waals surface area contributed by atoms with Crippen LogP contribution in [0, 0.1) is 6.92 Å². The van der Waals surface area contributed by atoms with E-state index in [0.717, 1.165) is 40.9 Å². The largest absolute Gasteiger partial charge is 0.493 e. The number of methoxy groups -OCH3 is 1. The fraction of sp³-hybridized carbons (Fsp3) is 0.320. The Labute approximate surface area is 212 Å². The number of pyridine rings is 2. The highest BCUT2D eigenvalue weighted by Gasteiger charge is 2.23. The molecule has 4 aromatic rings. The van der Waals surface area contributed by atoms with Crippen LogP contribution >= 0.6 is 23.2 Å². The van der Waals surface area contributed by atoms with Gasteiger partial charge >= 0.3 is 0 Å². The molecule has 0 spiro atoms. The first-order valence-corrected chi connectivity index (χ1v) is 12.0. The third kappa shape index (κ3) is 4.49. The molecule has 5 rings (SSSR count). The molecule has 0 amide bonds. The van der Waals surface area contributed by atoms with Crippen molar-refractivity contribution in [1.29, 1.82) is 0 Å². The zero-order valence-corrected chi connectivity index (χ0v) is 21.1. The first-order valence-electron chi connectivity index (χ1n) is 11.3. The molecule has 1 aliphatic heterocycles. The number of aliphatic hydroxyl groups is 1. The lowest BCUT2D eigenvalue weighted by molar-refractivity contribution is 0.198. The molecule has 0 saturated carbocycles. The molecule has 10 heteroatoms. The van der Waals surface area contributed by atoms with Gasteiger partial charge in [-0.1, -0.05) is 23.2 Å². The molecule has 0 radical (unpaired) electrons. The Morgan fingerprint density at radius 1 is 1.17 bits per heavy atom. The first-order chi connectivity index (χ1) is 16.9. The van der Waals surface area contributed by atoms with Crippen molar-refractivity contribution in [2.45, 2.75) is 32.5 Å². The van der Waals surface area contributed by atoms with Crippen LogP contribution in [0.25, 0.3) is 22.2 Å². The number of aromatic nitrogens is 4. The quantitative estimate of drug-likeness (QED) is 0.358. The molecule has 2 atom stereocenters. The van der Waals surface area contributed by atoms with Crippen LogP contribution in [0.2, 0.25) is 10.0 Å². The number of nitrogens with one attached hydrogen (secondary N) is 1. The molecular weight excluding hydrogens is 489 g/mol. The zero-order chi connectivity index (χ0) is 24.7. The molecule has 0 aliphatic carbocycles. The van der Waals surface area contributed by atoms with E-state index in [-0.39, 0.29) is 6.10 Å². The van der Waals surface area contributed by atoms with E-state index < -0.39 is 6.10 Å². The Kier molecular flexibility index (Phi) is 6.44. The summed E-state index contributed by atoms with van der Waals surface area (Å²) >= 11 is 12.9. The molecule has 35 heavy (non-hydrogen) atoms. The predicted molar refractivity (Wildman–Crippen MR) is 137 cm³/mol. The van der Waals surface area contributed by atoms with Crippen molar-refractivity contribution in [1.82, 2.24) is 20.2 Å². The number of rotatable bonds is 6. The van der Waals surface area contributed by atoms with Gasteiger partial charge in [0, 0.05) is 48.1 Å². The summed E-state index contributed by atoms with van der Waals surface area (Å²) in [5.41, 5.74) is 3.76. The van der Waals surface area contributed by atoms with E-state index in [2.05, 4.69) is 25.1 Å². The third-order valence-electron chi connectivity index (χ3n) is 6.25. The van der Waals surface area contributed by atoms with Gasteiger partial charge in [0.15, 0.2) is 11.5 Å². The average molecular weight is 514 g/mol. The molecule has 8 nitrogen and oxygen atoms in total. The maximum Gasteiger partial charge on any atom is 0.162 e. The minimum atomic E-state index is -0.449. The molecule has 2 N–H and O–H groups in total. The molecule has 182 valence electrons. The molecular formula is C25H25Cl2N5O3. The van der Waals surface area contributed by atoms with Crippen LogP contribution in [-0.4, -0.2) is 51.6 Å². The standard InChI is InChI=1S/C25H25Cl2N5O3/c1-13-24(27)23(18(26)11-28-13)14(2)35-21-8-17-19(9-20(21)34-3)30-31-25(17)15-4-5-22(29-10-15)32-7-6-16(33)12-32/h4-5,8-11,14,16,33H,6-7,12H2,1-3H3,(H,30,31)/t14-,16+/m1/s1. The molecule has 0 bridgehead atoms. The summed E-state index contributed by atoms with van der Waals surface area (Å²) in [6, 6.07) is 7.68. The van der Waals surface area contributed by atoms with Gasteiger partial charge in [-0.3, -0.25) is 10.1 Å². The minimum absolute atomic E-state index is 0.302. The summed E-state index contributed by atoms with van der Waals surface area (Å²) in [6.07, 6.45) is 3.37. The number of aromatic amines is 1. The van der Waals surface area contributed by atoms with Crippen LogP contribution in [0.3, 0.4) is 0 Å². The second-order valence-corrected chi connectivity index (χ2v) is 9.38. The number of hydrogen-bond acceptors (Lipinski definition) is 7. The zero-order valence-electron chi connectivity index (χ0n) is 19.5. The second-order valence-electron chi connectivity index (χ2n) is 8.59. The van der Waals surface area contributed by atoms with Crippen molar-refractivity contribution < 1.29 is 14.6 Å². The van der Waals surface area contributed by atoms with Gasteiger partial charge in [0.25, 0.3) is 0 Å². The molecule has 1 fully saturated rings. The minimum Gasteiger partial charge on any atom is -0.493 e. The fourth-order valence-electron chi connectivity index (χ4n) is 4.36. The van der Waals surface area contributed by atoms with Crippen LogP contribution in [0.4, 0.5) is 5.82 Å². The van der Waals surface area contributed by atoms with Gasteiger partial charge in [-0.15, -0.1) is 0 Å². The number of halogens is 2. The maximum absolute atomic E-state index is 9.81. The molecule has 1 saturated heterocycles. The molecule has 4 heterocycles. The topological polar surface area (TPSA) is 96.4 Å². The number of benzene rings is 1. The summed E-state index contributed by atoms with van der Waals surface area (Å²) in [6.45, 7) is 5.10. The highest BCUT2D eigenvalue weighted by Crippen LogP contribution is 2.40. The van der Waals surface area contributed by atoms with E-state index in [1.54, 1.807) is 19.5 Å². The van der Waals surface area contributed by atoms with E-state index in [1.807, 2.05) is 38.1 Å². The van der Waals surface area contributed by atoms with E-state index in [0.29, 0.717) is 39.3 Å². The molecule has 1 aromatic carbocycles. The van der Waals surface area contributed by atoms with Gasteiger partial charge in [-0.25, -0.2) is 4.98 Å². The van der Waals surface area contributed by atoms with Gasteiger partial charge in [0.2, 0.25) is 0 Å². The Morgan fingerprint density at radius 3 is 2.69 bits per heavy atom. The number of hydrogen-bond donors (Lipinski definition) is 2. The fourth-order valence-corrected chi connectivity index (χ4v) is 5.01. The lowest BCUT2D eigenvalue weighted by atomic mass is 10.1. The first kappa shape index (κ1) is 23.7. The predicted octanol–water partition coefficient (Wildman–Crippen LogP) is 5.35. The number of aryl methyl sites for hydroxylation is 1. The summed E-state index contributed by atoms with van der Waals surface area (Å²) in [5.74, 6) is 1.93. The van der Waals surface area contributed by atoms with Crippen LogP contribution in [0.1, 0.15) is 30.7 Å². The smallest absolute Gasteiger partial charge is 0.162 e. The van der Waals surface area contributed by atoms with Crippen molar-refractivity contribution in [3.05, 3.63) is 58.0 Å². The van der Waals surface area contributed by atoms with Crippen molar-refractivity contribution in [2.24, 2.45) is 0 Å². The maximum atomic E-state index is 9.81. The van der Waals surface area contributed by atoms with Crippen LogP contribution in [0.15, 0.2) is 36.7 Å². The number of β-amino-alcohol motifs (C(OH)–C–C–N with tert-alkyl or cyclic N) is 1. The van der Waals surface area contributed by atoms with E-state index in [1.165, 1.54) is 0 Å². The van der Waals surface area contributed by atoms with E-state index in [4.69, 9.17) is 32.7 Å². The normalized spacial score (nSPS) is 16.6. The number of nitrogens with zero attached hydrogens (tertiary/aromatic N) is 4. The van der Waals surface area contributed by atoms with Gasteiger partial charge in [-0.05, 0) is 38.5 Å². The van der Waals surface area contributed by atoms with Crippen molar-refractivity contribution in [3.63, 3.8) is 0 Å². The summed E-state index contributed by atoms with van der Waals surface area (Å²) in [4.78, 5) is 10.9. The van der Waals surface area contributed by atoms with E-state index in [9.17, 15) is 5.11 Å². The lowest BCUT2D eigenvalue weighted by Crippen LogP contribution is -2.21. The highest BCUT2D eigenvalue weighted by molar-refractivity contribution is 6.36. The average Bonchev–Trinajstić information content (AvgIpc) is 3.47. The van der Waals surface area contributed by atoms with Gasteiger partial charge in [-0.2, -0.15) is 5.10 Å². The number of aliphatic hydroxyl groups excluding tert-OH is 1. The van der Waals surface area contributed by atoms with Crippen molar-refractivity contribution in [2.75, 3.05) is 25.1 Å². The number of anilines is 1. The van der Waals surface area contributed by atoms with Gasteiger partial charge < -0.3 is 19.5 Å². The van der Waals surface area contributed by atoms with E-state index >= 15 is 0 Å². The van der Waals surface area contributed by atoms with Gasteiger partial charge in [0.05, 0.1) is 34.5 Å². The van der Waals surface area contributed by atoms with Gasteiger partial charge in [0.1, 0.15) is 17.6 Å². The second kappa shape index (κ2) is 9.53. The summed E-state index contributed by atoms with van der Waals surface area (Å²) in [7, 11) is 1.59. The number of H-pyrrole nitrogens is 1. The number of fused-ring (bicyclic) bond motifs is 1. The molecule has 3 aromatic heterocycles. The van der Waals surface area contributed by atoms with Crippen molar-refractivity contribution >= 4 is 39.9 Å². The highest BCUT2D eigenvalue weighted by atomic mass is 35.5. The lowest BCUT2D eigenvalue weighted by Gasteiger charge is -2.20. The third-order valence-corrected chi connectivity index (χ3v) is 7.03. The Hall–Kier alpha value is -3.07. The van der Waals surface area contributed by atoms with Crippen LogP contribution in [-0.2, 0) is 0 Å². The SMILES string of the molecule is COc1cc2[nH]nc(-c3ccc(N4CC[C@H](O)C4)nc3)c2cc1O[C@H](C)c1c(Cl)cnc(C)c1Cl. The Balaban J connectivity index is 1.48. The Bertz CT molecular complexity index is 1380.